The first-order valence-electron chi connectivity index (χ1n) is 10.2. The van der Waals surface area contributed by atoms with Crippen LogP contribution in [-0.4, -0.2) is 60.8 Å². The molecule has 5 heteroatoms. The third-order valence-electron chi connectivity index (χ3n) is 5.49. The molecule has 0 aromatic heterocycles. The molecule has 140 valence electrons. The Labute approximate surface area is 148 Å². The van der Waals surface area contributed by atoms with Crippen molar-refractivity contribution >= 4 is 5.96 Å². The number of aliphatic hydroxyl groups is 1. The third kappa shape index (κ3) is 6.25. The quantitative estimate of drug-likeness (QED) is 0.446. The SMILES string of the molecule is CCCC(CCO)CN=C(NCC)NC1CCN(C2CCCC2)C1. The minimum Gasteiger partial charge on any atom is -0.396 e. The minimum absolute atomic E-state index is 0.267. The smallest absolute Gasteiger partial charge is 0.191 e. The number of nitrogens with zero attached hydrogens (tertiary/aromatic N) is 2. The first-order chi connectivity index (χ1) is 11.8. The summed E-state index contributed by atoms with van der Waals surface area (Å²) in [5, 5.41) is 16.2. The zero-order chi connectivity index (χ0) is 17.2. The maximum absolute atomic E-state index is 9.21. The Morgan fingerprint density at radius 3 is 2.67 bits per heavy atom. The molecular weight excluding hydrogens is 300 g/mol. The molecule has 1 saturated carbocycles. The molecule has 1 heterocycles. The summed E-state index contributed by atoms with van der Waals surface area (Å²) in [6, 6.07) is 1.35. The Bertz CT molecular complexity index is 362. The molecule has 0 aromatic rings. The van der Waals surface area contributed by atoms with Gasteiger partial charge in [-0.15, -0.1) is 0 Å². The maximum atomic E-state index is 9.21. The first kappa shape index (κ1) is 19.5. The minimum atomic E-state index is 0.267. The summed E-state index contributed by atoms with van der Waals surface area (Å²) in [5.74, 6) is 1.45. The monoisotopic (exact) mass is 338 g/mol. The summed E-state index contributed by atoms with van der Waals surface area (Å²) in [7, 11) is 0. The van der Waals surface area contributed by atoms with E-state index in [2.05, 4.69) is 29.4 Å². The molecular formula is C19H38N4O. The third-order valence-corrected chi connectivity index (χ3v) is 5.49. The van der Waals surface area contributed by atoms with Gasteiger partial charge in [-0.1, -0.05) is 26.2 Å². The number of guanidine groups is 1. The van der Waals surface area contributed by atoms with Crippen molar-refractivity contribution in [3.05, 3.63) is 0 Å². The van der Waals surface area contributed by atoms with Gasteiger partial charge in [-0.2, -0.15) is 0 Å². The first-order valence-corrected chi connectivity index (χ1v) is 10.2. The molecule has 2 unspecified atom stereocenters. The average molecular weight is 339 g/mol. The zero-order valence-corrected chi connectivity index (χ0v) is 15.8. The van der Waals surface area contributed by atoms with E-state index in [-0.39, 0.29) is 6.61 Å². The van der Waals surface area contributed by atoms with Crippen molar-refractivity contribution in [2.24, 2.45) is 10.9 Å². The molecule has 2 rings (SSSR count). The van der Waals surface area contributed by atoms with Crippen LogP contribution in [0.25, 0.3) is 0 Å². The molecule has 1 saturated heterocycles. The summed E-state index contributed by atoms with van der Waals surface area (Å²) in [6.45, 7) is 8.67. The molecule has 0 radical (unpaired) electrons. The largest absolute Gasteiger partial charge is 0.396 e. The molecule has 0 amide bonds. The van der Waals surface area contributed by atoms with Gasteiger partial charge in [0.1, 0.15) is 0 Å². The van der Waals surface area contributed by atoms with E-state index in [1.54, 1.807) is 0 Å². The molecule has 0 aromatic carbocycles. The van der Waals surface area contributed by atoms with Crippen LogP contribution in [0.15, 0.2) is 4.99 Å². The fourth-order valence-electron chi connectivity index (χ4n) is 4.16. The second-order valence-corrected chi connectivity index (χ2v) is 7.45. The molecule has 24 heavy (non-hydrogen) atoms. The van der Waals surface area contributed by atoms with E-state index >= 15 is 0 Å². The molecule has 2 fully saturated rings. The average Bonchev–Trinajstić information content (AvgIpc) is 3.24. The van der Waals surface area contributed by atoms with Gasteiger partial charge in [0, 0.05) is 44.9 Å². The highest BCUT2D eigenvalue weighted by Crippen LogP contribution is 2.26. The van der Waals surface area contributed by atoms with Crippen LogP contribution in [0.5, 0.6) is 0 Å². The topological polar surface area (TPSA) is 59.9 Å². The van der Waals surface area contributed by atoms with Gasteiger partial charge >= 0.3 is 0 Å². The fraction of sp³-hybridized carbons (Fsp3) is 0.947. The molecule has 1 aliphatic heterocycles. The van der Waals surface area contributed by atoms with Crippen LogP contribution in [0.2, 0.25) is 0 Å². The van der Waals surface area contributed by atoms with Gasteiger partial charge in [0.25, 0.3) is 0 Å². The van der Waals surface area contributed by atoms with Crippen LogP contribution in [0.3, 0.4) is 0 Å². The van der Waals surface area contributed by atoms with Gasteiger partial charge < -0.3 is 15.7 Å². The Morgan fingerprint density at radius 2 is 2.00 bits per heavy atom. The second-order valence-electron chi connectivity index (χ2n) is 7.45. The number of likely N-dealkylation sites (tertiary alicyclic amines) is 1. The van der Waals surface area contributed by atoms with Crippen molar-refractivity contribution in [2.45, 2.75) is 77.3 Å². The van der Waals surface area contributed by atoms with Gasteiger partial charge in [0.2, 0.25) is 0 Å². The second kappa shape index (κ2) is 10.9. The van der Waals surface area contributed by atoms with Crippen molar-refractivity contribution in [3.8, 4) is 0 Å². The molecule has 2 aliphatic rings. The summed E-state index contributed by atoms with van der Waals surface area (Å²) in [6.07, 6.45) is 9.97. The molecule has 0 spiro atoms. The Kier molecular flexibility index (Phi) is 8.89. The standard InChI is InChI=1S/C19H38N4O/c1-3-7-16(11-13-24)14-21-19(20-4-2)22-17-10-12-23(15-17)18-8-5-6-9-18/h16-18,24H,3-15H2,1-2H3,(H2,20,21,22). The lowest BCUT2D eigenvalue weighted by Gasteiger charge is -2.24. The summed E-state index contributed by atoms with van der Waals surface area (Å²) in [4.78, 5) is 7.48. The van der Waals surface area contributed by atoms with Crippen LogP contribution < -0.4 is 10.6 Å². The highest BCUT2D eigenvalue weighted by atomic mass is 16.3. The van der Waals surface area contributed by atoms with Gasteiger partial charge in [0.05, 0.1) is 0 Å². The van der Waals surface area contributed by atoms with Gasteiger partial charge in [-0.3, -0.25) is 9.89 Å². The normalized spacial score (nSPS) is 24.5. The Morgan fingerprint density at radius 1 is 1.21 bits per heavy atom. The van der Waals surface area contributed by atoms with Crippen LogP contribution >= 0.6 is 0 Å². The summed E-state index contributed by atoms with van der Waals surface area (Å²) < 4.78 is 0. The molecule has 5 nitrogen and oxygen atoms in total. The summed E-state index contributed by atoms with van der Waals surface area (Å²) in [5.41, 5.74) is 0. The molecule has 0 bridgehead atoms. The van der Waals surface area contributed by atoms with E-state index < -0.39 is 0 Å². The molecule has 1 aliphatic carbocycles. The fourth-order valence-corrected chi connectivity index (χ4v) is 4.16. The van der Waals surface area contributed by atoms with Gasteiger partial charge in [-0.25, -0.2) is 0 Å². The lowest BCUT2D eigenvalue weighted by Crippen LogP contribution is -2.45. The zero-order valence-electron chi connectivity index (χ0n) is 15.8. The number of hydrogen-bond acceptors (Lipinski definition) is 3. The van der Waals surface area contributed by atoms with Crippen LogP contribution in [-0.2, 0) is 0 Å². The van der Waals surface area contributed by atoms with E-state index in [4.69, 9.17) is 4.99 Å². The van der Waals surface area contributed by atoms with E-state index in [9.17, 15) is 5.11 Å². The maximum Gasteiger partial charge on any atom is 0.191 e. The lowest BCUT2D eigenvalue weighted by atomic mass is 10.0. The highest BCUT2D eigenvalue weighted by molar-refractivity contribution is 5.80. The predicted molar refractivity (Wildman–Crippen MR) is 101 cm³/mol. The highest BCUT2D eigenvalue weighted by Gasteiger charge is 2.30. The lowest BCUT2D eigenvalue weighted by molar-refractivity contribution is 0.242. The number of nitrogens with one attached hydrogen (secondary N) is 2. The van der Waals surface area contributed by atoms with Crippen LogP contribution in [0.1, 0.15) is 65.2 Å². The van der Waals surface area contributed by atoms with Crippen molar-refractivity contribution in [1.29, 1.82) is 0 Å². The number of hydrogen-bond donors (Lipinski definition) is 3. The van der Waals surface area contributed by atoms with E-state index in [0.29, 0.717) is 12.0 Å². The summed E-state index contributed by atoms with van der Waals surface area (Å²) >= 11 is 0. The van der Waals surface area contributed by atoms with Gasteiger partial charge in [-0.05, 0) is 44.9 Å². The Balaban J connectivity index is 1.82. The van der Waals surface area contributed by atoms with Crippen LogP contribution in [0, 0.1) is 5.92 Å². The van der Waals surface area contributed by atoms with E-state index in [1.165, 1.54) is 38.6 Å². The molecule has 2 atom stereocenters. The number of aliphatic hydroxyl groups excluding tert-OH is 1. The Hall–Kier alpha value is -0.810. The van der Waals surface area contributed by atoms with E-state index in [0.717, 1.165) is 50.9 Å². The predicted octanol–water partition coefficient (Wildman–Crippen LogP) is 2.36. The van der Waals surface area contributed by atoms with E-state index in [1.807, 2.05) is 0 Å². The van der Waals surface area contributed by atoms with Crippen molar-refractivity contribution in [3.63, 3.8) is 0 Å². The molecule has 3 N–H and O–H groups in total. The van der Waals surface area contributed by atoms with Crippen molar-refractivity contribution < 1.29 is 5.11 Å². The van der Waals surface area contributed by atoms with Gasteiger partial charge in [0.15, 0.2) is 5.96 Å². The van der Waals surface area contributed by atoms with Crippen molar-refractivity contribution in [1.82, 2.24) is 15.5 Å². The van der Waals surface area contributed by atoms with Crippen LogP contribution in [0.4, 0.5) is 0 Å². The van der Waals surface area contributed by atoms with Crippen molar-refractivity contribution in [2.75, 3.05) is 32.8 Å². The number of rotatable bonds is 9. The number of aliphatic imine (C=N–C) groups is 1.